The molecule has 0 aromatic carbocycles. The van der Waals surface area contributed by atoms with Crippen LogP contribution in [0.3, 0.4) is 0 Å². The number of fused-ring (bicyclic) bond motifs is 1. The predicted molar refractivity (Wildman–Crippen MR) is 74.7 cm³/mol. The van der Waals surface area contributed by atoms with Crippen LogP contribution in [0.2, 0.25) is 0 Å². The van der Waals surface area contributed by atoms with E-state index in [4.69, 9.17) is 10.5 Å². The lowest BCUT2D eigenvalue weighted by Crippen LogP contribution is -2.29. The molecule has 1 atom stereocenters. The van der Waals surface area contributed by atoms with Crippen LogP contribution >= 0.6 is 11.3 Å². The number of aryl methyl sites for hydroxylation is 1. The van der Waals surface area contributed by atoms with Gasteiger partial charge in [0.1, 0.15) is 5.00 Å². The zero-order valence-corrected chi connectivity index (χ0v) is 12.1. The third-order valence-electron chi connectivity index (χ3n) is 3.12. The van der Waals surface area contributed by atoms with Crippen molar-refractivity contribution in [3.8, 4) is 0 Å². The molecule has 1 aromatic heterocycles. The van der Waals surface area contributed by atoms with E-state index in [0.717, 1.165) is 29.7 Å². The summed E-state index contributed by atoms with van der Waals surface area (Å²) in [4.78, 5) is 35.4. The standard InChI is InChI=1S/C13H16N2O4S/c1-6(19-7(2)16)12(18)15-13-10(11(14)17)8-4-3-5-9(8)20-13/h6H,3-5H2,1-2H3,(H2,14,17)(H,15,18)/t6-/m1/s1. The number of esters is 1. The Morgan fingerprint density at radius 1 is 1.35 bits per heavy atom. The van der Waals surface area contributed by atoms with Crippen molar-refractivity contribution in [2.45, 2.75) is 39.2 Å². The van der Waals surface area contributed by atoms with E-state index in [9.17, 15) is 14.4 Å². The summed E-state index contributed by atoms with van der Waals surface area (Å²) < 4.78 is 4.80. The van der Waals surface area contributed by atoms with Crippen molar-refractivity contribution in [2.24, 2.45) is 5.73 Å². The molecule has 1 aliphatic rings. The summed E-state index contributed by atoms with van der Waals surface area (Å²) in [5, 5.41) is 3.08. The van der Waals surface area contributed by atoms with E-state index in [-0.39, 0.29) is 0 Å². The summed E-state index contributed by atoms with van der Waals surface area (Å²) >= 11 is 1.37. The van der Waals surface area contributed by atoms with Crippen LogP contribution in [-0.4, -0.2) is 23.9 Å². The molecule has 0 unspecified atom stereocenters. The Labute approximate surface area is 120 Å². The molecule has 0 bridgehead atoms. The van der Waals surface area contributed by atoms with Crippen LogP contribution < -0.4 is 11.1 Å². The Kier molecular flexibility index (Phi) is 4.08. The van der Waals surface area contributed by atoms with Gasteiger partial charge in [-0.3, -0.25) is 14.4 Å². The van der Waals surface area contributed by atoms with E-state index in [1.807, 2.05) is 0 Å². The van der Waals surface area contributed by atoms with Crippen LogP contribution in [0.25, 0.3) is 0 Å². The van der Waals surface area contributed by atoms with Crippen molar-refractivity contribution in [3.63, 3.8) is 0 Å². The van der Waals surface area contributed by atoms with Gasteiger partial charge in [0.2, 0.25) is 0 Å². The molecule has 7 heteroatoms. The summed E-state index contributed by atoms with van der Waals surface area (Å²) in [6.45, 7) is 2.71. The van der Waals surface area contributed by atoms with Gasteiger partial charge in [-0.25, -0.2) is 0 Å². The number of nitrogens with two attached hydrogens (primary N) is 1. The largest absolute Gasteiger partial charge is 0.453 e. The molecule has 0 spiro atoms. The van der Waals surface area contributed by atoms with Crippen LogP contribution in [0.15, 0.2) is 0 Å². The number of rotatable bonds is 4. The number of carbonyl (C=O) groups is 3. The van der Waals surface area contributed by atoms with Crippen molar-refractivity contribution in [1.29, 1.82) is 0 Å². The first-order valence-electron chi connectivity index (χ1n) is 6.32. The highest BCUT2D eigenvalue weighted by Gasteiger charge is 2.27. The van der Waals surface area contributed by atoms with Crippen molar-refractivity contribution in [1.82, 2.24) is 0 Å². The molecule has 1 aliphatic carbocycles. The first-order valence-corrected chi connectivity index (χ1v) is 7.14. The Morgan fingerprint density at radius 2 is 2.05 bits per heavy atom. The molecule has 0 aliphatic heterocycles. The number of anilines is 1. The van der Waals surface area contributed by atoms with E-state index in [1.165, 1.54) is 25.2 Å². The van der Waals surface area contributed by atoms with Gasteiger partial charge < -0.3 is 15.8 Å². The van der Waals surface area contributed by atoms with Crippen molar-refractivity contribution >= 4 is 34.1 Å². The Hall–Kier alpha value is -1.89. The second-order valence-electron chi connectivity index (χ2n) is 4.67. The quantitative estimate of drug-likeness (QED) is 0.816. The monoisotopic (exact) mass is 296 g/mol. The molecule has 0 fully saturated rings. The number of carbonyl (C=O) groups excluding carboxylic acids is 3. The molecule has 0 saturated carbocycles. The lowest BCUT2D eigenvalue weighted by atomic mass is 10.1. The number of amides is 2. The lowest BCUT2D eigenvalue weighted by Gasteiger charge is -2.12. The average molecular weight is 296 g/mol. The smallest absolute Gasteiger partial charge is 0.303 e. The second kappa shape index (κ2) is 5.62. The highest BCUT2D eigenvalue weighted by molar-refractivity contribution is 7.17. The minimum Gasteiger partial charge on any atom is -0.453 e. The van der Waals surface area contributed by atoms with Gasteiger partial charge >= 0.3 is 5.97 Å². The summed E-state index contributed by atoms with van der Waals surface area (Å²) in [5.74, 6) is -1.54. The molecular weight excluding hydrogens is 280 g/mol. The van der Waals surface area contributed by atoms with Crippen molar-refractivity contribution < 1.29 is 19.1 Å². The van der Waals surface area contributed by atoms with Gasteiger partial charge in [0.05, 0.1) is 5.56 Å². The first kappa shape index (κ1) is 14.5. The molecule has 1 aromatic rings. The normalized spacial score (nSPS) is 14.5. The number of hydrogen-bond donors (Lipinski definition) is 2. The maximum absolute atomic E-state index is 11.9. The Balaban J connectivity index is 2.20. The van der Waals surface area contributed by atoms with E-state index in [0.29, 0.717) is 10.6 Å². The minimum absolute atomic E-state index is 0.394. The van der Waals surface area contributed by atoms with Crippen LogP contribution in [0.1, 0.15) is 41.1 Å². The molecule has 2 amide bonds. The van der Waals surface area contributed by atoms with E-state index < -0.39 is 23.9 Å². The van der Waals surface area contributed by atoms with Crippen LogP contribution in [0.5, 0.6) is 0 Å². The van der Waals surface area contributed by atoms with Gasteiger partial charge in [0.25, 0.3) is 11.8 Å². The van der Waals surface area contributed by atoms with Gasteiger partial charge in [0.15, 0.2) is 6.10 Å². The van der Waals surface area contributed by atoms with Gasteiger partial charge in [-0.2, -0.15) is 0 Å². The van der Waals surface area contributed by atoms with Crippen LogP contribution in [-0.2, 0) is 27.2 Å². The highest BCUT2D eigenvalue weighted by atomic mass is 32.1. The maximum atomic E-state index is 11.9. The third-order valence-corrected chi connectivity index (χ3v) is 4.32. The molecule has 3 N–H and O–H groups in total. The summed E-state index contributed by atoms with van der Waals surface area (Å²) in [6, 6.07) is 0. The molecule has 108 valence electrons. The average Bonchev–Trinajstić information content (AvgIpc) is 2.86. The third kappa shape index (κ3) is 2.82. The first-order chi connectivity index (χ1) is 9.40. The van der Waals surface area contributed by atoms with E-state index in [1.54, 1.807) is 0 Å². The van der Waals surface area contributed by atoms with Crippen LogP contribution in [0, 0.1) is 0 Å². The number of ether oxygens (including phenoxy) is 1. The molecule has 0 saturated heterocycles. The Morgan fingerprint density at radius 3 is 2.65 bits per heavy atom. The fourth-order valence-electron chi connectivity index (χ4n) is 2.27. The van der Waals surface area contributed by atoms with Crippen molar-refractivity contribution in [2.75, 3.05) is 5.32 Å². The second-order valence-corrected chi connectivity index (χ2v) is 5.77. The van der Waals surface area contributed by atoms with Gasteiger partial charge in [-0.15, -0.1) is 11.3 Å². The minimum atomic E-state index is -0.912. The zero-order chi connectivity index (χ0) is 14.9. The van der Waals surface area contributed by atoms with Crippen molar-refractivity contribution in [3.05, 3.63) is 16.0 Å². The SMILES string of the molecule is CC(=O)O[C@H](C)C(=O)Nc1sc2c(c1C(N)=O)CCC2. The molecule has 0 radical (unpaired) electrons. The molecular formula is C13H16N2O4S. The van der Waals surface area contributed by atoms with Gasteiger partial charge in [-0.1, -0.05) is 0 Å². The van der Waals surface area contributed by atoms with Gasteiger partial charge in [0, 0.05) is 11.8 Å². The predicted octanol–water partition coefficient (Wildman–Crippen LogP) is 1.23. The summed E-state index contributed by atoms with van der Waals surface area (Å²) in [7, 11) is 0. The summed E-state index contributed by atoms with van der Waals surface area (Å²) in [5.41, 5.74) is 6.73. The molecule has 2 rings (SSSR count). The van der Waals surface area contributed by atoms with E-state index >= 15 is 0 Å². The fraction of sp³-hybridized carbons (Fsp3) is 0.462. The maximum Gasteiger partial charge on any atom is 0.303 e. The molecule has 6 nitrogen and oxygen atoms in total. The van der Waals surface area contributed by atoms with Crippen LogP contribution in [0.4, 0.5) is 5.00 Å². The summed E-state index contributed by atoms with van der Waals surface area (Å²) in [6.07, 6.45) is 1.79. The Bertz CT molecular complexity index is 579. The number of primary amides is 1. The topological polar surface area (TPSA) is 98.5 Å². The number of hydrogen-bond acceptors (Lipinski definition) is 5. The molecule has 20 heavy (non-hydrogen) atoms. The van der Waals surface area contributed by atoms with E-state index in [2.05, 4.69) is 5.32 Å². The zero-order valence-electron chi connectivity index (χ0n) is 11.3. The lowest BCUT2D eigenvalue weighted by molar-refractivity contribution is -0.150. The number of nitrogens with one attached hydrogen (secondary N) is 1. The van der Waals surface area contributed by atoms with Gasteiger partial charge in [-0.05, 0) is 31.7 Å². The number of thiophene rings is 1. The fourth-order valence-corrected chi connectivity index (χ4v) is 3.57. The highest BCUT2D eigenvalue weighted by Crippen LogP contribution is 2.38. The molecule has 1 heterocycles.